The summed E-state index contributed by atoms with van der Waals surface area (Å²) < 4.78 is 17.4. The van der Waals surface area contributed by atoms with Crippen molar-refractivity contribution in [1.29, 1.82) is 0 Å². The molecule has 8 heteroatoms. The number of carbonyl (C=O) groups excluding carboxylic acids is 2. The molecule has 1 unspecified atom stereocenters. The minimum Gasteiger partial charge on any atom is -0.444 e. The summed E-state index contributed by atoms with van der Waals surface area (Å²) in [6.45, 7) is 16.2. The summed E-state index contributed by atoms with van der Waals surface area (Å²) in [5, 5.41) is 2.68. The van der Waals surface area contributed by atoms with Crippen molar-refractivity contribution in [1.82, 2.24) is 10.2 Å². The molecule has 0 radical (unpaired) electrons. The van der Waals surface area contributed by atoms with Gasteiger partial charge in [-0.25, -0.2) is 4.79 Å². The normalized spacial score (nSPS) is 30.1. The van der Waals surface area contributed by atoms with Gasteiger partial charge < -0.3 is 24.3 Å². The monoisotopic (exact) mass is 422 g/mol. The van der Waals surface area contributed by atoms with Crippen LogP contribution in [0, 0.1) is 11.8 Å². The molecule has 170 valence electrons. The van der Waals surface area contributed by atoms with Crippen LogP contribution in [-0.4, -0.2) is 59.5 Å². The molecule has 0 bridgehead atoms. The van der Waals surface area contributed by atoms with E-state index >= 15 is 0 Å². The van der Waals surface area contributed by atoms with Crippen molar-refractivity contribution >= 4 is 19.1 Å². The molecule has 0 spiro atoms. The lowest BCUT2D eigenvalue weighted by Gasteiger charge is -2.32. The Morgan fingerprint density at radius 2 is 1.80 bits per heavy atom. The van der Waals surface area contributed by atoms with Crippen LogP contribution >= 0.6 is 0 Å². The minimum atomic E-state index is -0.579. The summed E-state index contributed by atoms with van der Waals surface area (Å²) >= 11 is 0. The van der Waals surface area contributed by atoms with E-state index < -0.39 is 17.7 Å². The highest BCUT2D eigenvalue weighted by atomic mass is 16.7. The molecule has 2 amide bonds. The van der Waals surface area contributed by atoms with E-state index in [9.17, 15) is 9.59 Å². The number of rotatable bonds is 6. The van der Waals surface area contributed by atoms with Gasteiger partial charge >= 0.3 is 13.2 Å². The number of likely N-dealkylation sites (tertiary alicyclic amines) is 1. The number of fused-ring (bicyclic) bond motifs is 1. The van der Waals surface area contributed by atoms with Crippen LogP contribution in [0.1, 0.15) is 74.7 Å². The van der Waals surface area contributed by atoms with Gasteiger partial charge in [-0.3, -0.25) is 4.79 Å². The highest BCUT2D eigenvalue weighted by Gasteiger charge is 2.55. The molecule has 0 aromatic rings. The molecule has 3 aliphatic rings. The van der Waals surface area contributed by atoms with Crippen LogP contribution in [0.2, 0.25) is 6.32 Å². The second-order valence-electron chi connectivity index (χ2n) is 11.2. The quantitative estimate of drug-likeness (QED) is 0.662. The van der Waals surface area contributed by atoms with Crippen molar-refractivity contribution in [3.63, 3.8) is 0 Å². The van der Waals surface area contributed by atoms with E-state index in [1.807, 2.05) is 25.7 Å². The molecule has 1 saturated carbocycles. The van der Waals surface area contributed by atoms with Crippen LogP contribution in [0.3, 0.4) is 0 Å². The van der Waals surface area contributed by atoms with Crippen molar-refractivity contribution in [2.24, 2.45) is 11.8 Å². The second-order valence-corrected chi connectivity index (χ2v) is 11.2. The standard InChI is InChI=1S/C22H39BN2O5/c1-14(24-19(27)28-20(2,3)4)18(26)25-13-15(16-12-17(16)25)10-9-11-23-29-21(5,6)22(7,8)30-23/h14-17H,9-13H2,1-8H3,(H,24,27)/t14-,15-,16-,17?/m0/s1. The van der Waals surface area contributed by atoms with Crippen LogP contribution in [0.5, 0.6) is 0 Å². The Balaban J connectivity index is 1.43. The average molecular weight is 422 g/mol. The number of nitrogens with zero attached hydrogens (tertiary/aromatic N) is 1. The molecule has 2 saturated heterocycles. The van der Waals surface area contributed by atoms with Gasteiger partial charge in [0.05, 0.1) is 11.2 Å². The molecule has 2 aliphatic heterocycles. The summed E-state index contributed by atoms with van der Waals surface area (Å²) in [6, 6.07) is -0.244. The third kappa shape index (κ3) is 5.13. The molecule has 3 rings (SSSR count). The molecule has 0 aromatic heterocycles. The van der Waals surface area contributed by atoms with Gasteiger partial charge in [0.25, 0.3) is 0 Å². The van der Waals surface area contributed by atoms with Gasteiger partial charge in [0.15, 0.2) is 0 Å². The molecular formula is C22H39BN2O5. The van der Waals surface area contributed by atoms with Gasteiger partial charge in [-0.05, 0) is 86.4 Å². The van der Waals surface area contributed by atoms with Crippen molar-refractivity contribution < 1.29 is 23.6 Å². The topological polar surface area (TPSA) is 77.1 Å². The van der Waals surface area contributed by atoms with E-state index in [1.165, 1.54) is 0 Å². The Morgan fingerprint density at radius 1 is 1.20 bits per heavy atom. The van der Waals surface area contributed by atoms with Crippen LogP contribution < -0.4 is 5.32 Å². The Bertz CT molecular complexity index is 659. The highest BCUT2D eigenvalue weighted by Crippen LogP contribution is 2.50. The molecular weight excluding hydrogens is 383 g/mol. The van der Waals surface area contributed by atoms with E-state index in [0.717, 1.165) is 32.1 Å². The number of nitrogens with one attached hydrogen (secondary N) is 1. The van der Waals surface area contributed by atoms with Crippen molar-refractivity contribution in [2.45, 2.75) is 110 Å². The maximum atomic E-state index is 12.9. The number of hydrogen-bond acceptors (Lipinski definition) is 5. The molecule has 4 atom stereocenters. The Kier molecular flexibility index (Phi) is 6.24. The van der Waals surface area contributed by atoms with Crippen molar-refractivity contribution in [3.8, 4) is 0 Å². The van der Waals surface area contributed by atoms with E-state index in [2.05, 4.69) is 33.0 Å². The smallest absolute Gasteiger partial charge is 0.444 e. The maximum absolute atomic E-state index is 12.9. The number of piperidine rings is 1. The number of ether oxygens (including phenoxy) is 1. The third-order valence-corrected chi connectivity index (χ3v) is 6.95. The summed E-state index contributed by atoms with van der Waals surface area (Å²) in [5.74, 6) is 1.11. The lowest BCUT2D eigenvalue weighted by Crippen LogP contribution is -2.48. The van der Waals surface area contributed by atoms with E-state index in [-0.39, 0.29) is 24.2 Å². The van der Waals surface area contributed by atoms with E-state index in [0.29, 0.717) is 17.9 Å². The molecule has 0 aromatic carbocycles. The molecule has 2 heterocycles. The first-order valence-electron chi connectivity index (χ1n) is 11.4. The minimum absolute atomic E-state index is 0.0122. The summed E-state index contributed by atoms with van der Waals surface area (Å²) in [6.07, 6.45) is 3.51. The van der Waals surface area contributed by atoms with Gasteiger partial charge in [-0.1, -0.05) is 6.42 Å². The van der Waals surface area contributed by atoms with Gasteiger partial charge in [-0.2, -0.15) is 0 Å². The van der Waals surface area contributed by atoms with Gasteiger partial charge in [-0.15, -0.1) is 0 Å². The number of hydrogen-bond donors (Lipinski definition) is 1. The molecule has 1 N–H and O–H groups in total. The Hall–Kier alpha value is -1.28. The Labute approximate surface area is 181 Å². The fraction of sp³-hybridized carbons (Fsp3) is 0.909. The molecule has 1 aliphatic carbocycles. The lowest BCUT2D eigenvalue weighted by atomic mass is 9.80. The largest absolute Gasteiger partial charge is 0.457 e. The zero-order valence-electron chi connectivity index (χ0n) is 19.9. The molecule has 3 fully saturated rings. The highest BCUT2D eigenvalue weighted by molar-refractivity contribution is 6.45. The maximum Gasteiger partial charge on any atom is 0.457 e. The zero-order valence-corrected chi connectivity index (χ0v) is 19.9. The van der Waals surface area contributed by atoms with Crippen molar-refractivity contribution in [2.75, 3.05) is 6.54 Å². The lowest BCUT2D eigenvalue weighted by molar-refractivity contribution is -0.133. The number of amides is 2. The number of carbonyl (C=O) groups is 2. The van der Waals surface area contributed by atoms with Crippen molar-refractivity contribution in [3.05, 3.63) is 0 Å². The second kappa shape index (κ2) is 8.01. The van der Waals surface area contributed by atoms with E-state index in [1.54, 1.807) is 6.92 Å². The fourth-order valence-corrected chi connectivity index (χ4v) is 4.57. The SMILES string of the molecule is C[C@H](NC(=O)OC(C)(C)C)C(=O)N1C[C@H](CCCB2OC(C)(C)C(C)(C)O2)[C@@H]2CC21. The van der Waals surface area contributed by atoms with Gasteiger partial charge in [0.2, 0.25) is 5.91 Å². The van der Waals surface area contributed by atoms with Crippen LogP contribution in [-0.2, 0) is 18.8 Å². The van der Waals surface area contributed by atoms with Crippen LogP contribution in [0.25, 0.3) is 0 Å². The van der Waals surface area contributed by atoms with Crippen LogP contribution in [0.15, 0.2) is 0 Å². The fourth-order valence-electron chi connectivity index (χ4n) is 4.57. The zero-order chi connectivity index (χ0) is 22.5. The predicted molar refractivity (Wildman–Crippen MR) is 116 cm³/mol. The summed E-state index contributed by atoms with van der Waals surface area (Å²) in [4.78, 5) is 26.8. The summed E-state index contributed by atoms with van der Waals surface area (Å²) in [5.41, 5.74) is -1.15. The average Bonchev–Trinajstić information content (AvgIpc) is 3.22. The first kappa shape index (κ1) is 23.4. The predicted octanol–water partition coefficient (Wildman–Crippen LogP) is 3.62. The van der Waals surface area contributed by atoms with Gasteiger partial charge in [0.1, 0.15) is 11.6 Å². The first-order chi connectivity index (χ1) is 13.7. The van der Waals surface area contributed by atoms with E-state index in [4.69, 9.17) is 14.0 Å². The Morgan fingerprint density at radius 3 is 2.37 bits per heavy atom. The molecule has 30 heavy (non-hydrogen) atoms. The number of alkyl carbamates (subject to hydrolysis) is 1. The van der Waals surface area contributed by atoms with Gasteiger partial charge in [0, 0.05) is 12.6 Å². The first-order valence-corrected chi connectivity index (χ1v) is 11.4. The third-order valence-electron chi connectivity index (χ3n) is 6.95. The van der Waals surface area contributed by atoms with Crippen LogP contribution in [0.4, 0.5) is 4.79 Å². The summed E-state index contributed by atoms with van der Waals surface area (Å²) in [7, 11) is -0.151. The molecule has 7 nitrogen and oxygen atoms in total.